The number of carbonyl (C=O) groups is 1. The van der Waals surface area contributed by atoms with E-state index in [-0.39, 0.29) is 12.5 Å². The van der Waals surface area contributed by atoms with Crippen molar-refractivity contribution in [3.05, 3.63) is 17.5 Å². The van der Waals surface area contributed by atoms with Gasteiger partial charge in [-0.1, -0.05) is 11.1 Å². The summed E-state index contributed by atoms with van der Waals surface area (Å²) in [5, 5.41) is 3.51. The molecular weight excluding hydrogens is 168 g/mol. The largest absolute Gasteiger partial charge is 0.361 e. The average Bonchev–Trinajstić information content (AvgIpc) is 2.50. The SMILES string of the molecule is C#CCN(C)C(=O)c1cnoc1C. The summed E-state index contributed by atoms with van der Waals surface area (Å²) in [5.41, 5.74) is 0.456. The van der Waals surface area contributed by atoms with Crippen molar-refractivity contribution in [2.45, 2.75) is 6.92 Å². The van der Waals surface area contributed by atoms with Gasteiger partial charge in [-0.2, -0.15) is 0 Å². The minimum Gasteiger partial charge on any atom is -0.361 e. The molecule has 0 aliphatic carbocycles. The van der Waals surface area contributed by atoms with E-state index in [1.807, 2.05) is 0 Å². The Morgan fingerprint density at radius 2 is 2.54 bits per heavy atom. The first kappa shape index (κ1) is 9.33. The van der Waals surface area contributed by atoms with Gasteiger partial charge in [0.25, 0.3) is 5.91 Å². The molecule has 1 aromatic rings. The Hall–Kier alpha value is -1.76. The normalized spacial score (nSPS) is 9.31. The van der Waals surface area contributed by atoms with E-state index >= 15 is 0 Å². The first-order chi connectivity index (χ1) is 6.16. The number of rotatable bonds is 2. The third-order valence-electron chi connectivity index (χ3n) is 1.66. The van der Waals surface area contributed by atoms with E-state index in [0.29, 0.717) is 11.3 Å². The Kier molecular flexibility index (Phi) is 2.70. The van der Waals surface area contributed by atoms with Crippen LogP contribution in [-0.2, 0) is 0 Å². The third kappa shape index (κ3) is 1.88. The predicted octanol–water partition coefficient (Wildman–Crippen LogP) is 0.688. The molecule has 0 spiro atoms. The average molecular weight is 178 g/mol. The number of hydrogen-bond donors (Lipinski definition) is 0. The van der Waals surface area contributed by atoms with E-state index in [1.54, 1.807) is 14.0 Å². The number of amides is 1. The zero-order valence-corrected chi connectivity index (χ0v) is 7.57. The van der Waals surface area contributed by atoms with Crippen LogP contribution in [-0.4, -0.2) is 29.6 Å². The van der Waals surface area contributed by atoms with Gasteiger partial charge in [0.15, 0.2) is 0 Å². The summed E-state index contributed by atoms with van der Waals surface area (Å²) in [6.45, 7) is 1.97. The van der Waals surface area contributed by atoms with Gasteiger partial charge in [0.1, 0.15) is 11.3 Å². The minimum atomic E-state index is -0.170. The molecule has 0 aromatic carbocycles. The number of hydrogen-bond acceptors (Lipinski definition) is 3. The second-order valence-electron chi connectivity index (χ2n) is 2.66. The topological polar surface area (TPSA) is 46.3 Å². The van der Waals surface area contributed by atoms with Gasteiger partial charge in [-0.25, -0.2) is 0 Å². The molecule has 4 nitrogen and oxygen atoms in total. The van der Waals surface area contributed by atoms with E-state index in [0.717, 1.165) is 0 Å². The van der Waals surface area contributed by atoms with Crippen LogP contribution in [0.3, 0.4) is 0 Å². The van der Waals surface area contributed by atoms with Gasteiger partial charge in [-0.15, -0.1) is 6.42 Å². The molecule has 0 aliphatic rings. The molecule has 68 valence electrons. The Balaban J connectivity index is 2.81. The molecule has 0 N–H and O–H groups in total. The van der Waals surface area contributed by atoms with Crippen LogP contribution in [0.1, 0.15) is 16.1 Å². The summed E-state index contributed by atoms with van der Waals surface area (Å²) in [6, 6.07) is 0. The van der Waals surface area contributed by atoms with Crippen LogP contribution in [0, 0.1) is 19.3 Å². The van der Waals surface area contributed by atoms with Crippen molar-refractivity contribution in [1.29, 1.82) is 0 Å². The van der Waals surface area contributed by atoms with Crippen molar-refractivity contribution >= 4 is 5.91 Å². The molecule has 1 amide bonds. The number of carbonyl (C=O) groups excluding carboxylic acids is 1. The highest BCUT2D eigenvalue weighted by Gasteiger charge is 2.15. The predicted molar refractivity (Wildman–Crippen MR) is 47.0 cm³/mol. The van der Waals surface area contributed by atoms with Crippen molar-refractivity contribution in [2.75, 3.05) is 13.6 Å². The van der Waals surface area contributed by atoms with Gasteiger partial charge >= 0.3 is 0 Å². The fraction of sp³-hybridized carbons (Fsp3) is 0.333. The van der Waals surface area contributed by atoms with E-state index in [4.69, 9.17) is 10.9 Å². The van der Waals surface area contributed by atoms with Crippen LogP contribution in [0.5, 0.6) is 0 Å². The monoisotopic (exact) mass is 178 g/mol. The van der Waals surface area contributed by atoms with E-state index in [9.17, 15) is 4.79 Å². The van der Waals surface area contributed by atoms with Gasteiger partial charge in [0.2, 0.25) is 0 Å². The maximum atomic E-state index is 11.5. The summed E-state index contributed by atoms with van der Waals surface area (Å²) in [4.78, 5) is 13.0. The van der Waals surface area contributed by atoms with Gasteiger partial charge in [-0.3, -0.25) is 4.79 Å². The second kappa shape index (κ2) is 3.76. The van der Waals surface area contributed by atoms with Crippen molar-refractivity contribution in [3.63, 3.8) is 0 Å². The standard InChI is InChI=1S/C9H10N2O2/c1-4-5-11(3)9(12)8-6-10-13-7(8)2/h1,6H,5H2,2-3H3. The van der Waals surface area contributed by atoms with Crippen molar-refractivity contribution in [1.82, 2.24) is 10.1 Å². The minimum absolute atomic E-state index is 0.170. The van der Waals surface area contributed by atoms with Gasteiger partial charge in [0, 0.05) is 7.05 Å². The summed E-state index contributed by atoms with van der Waals surface area (Å²) in [5.74, 6) is 2.72. The summed E-state index contributed by atoms with van der Waals surface area (Å²) in [7, 11) is 1.63. The fourth-order valence-electron chi connectivity index (χ4n) is 0.918. The van der Waals surface area contributed by atoms with Crippen molar-refractivity contribution in [3.8, 4) is 12.3 Å². The first-order valence-corrected chi connectivity index (χ1v) is 3.77. The van der Waals surface area contributed by atoms with Crippen molar-refractivity contribution < 1.29 is 9.32 Å². The molecule has 0 aliphatic heterocycles. The highest BCUT2D eigenvalue weighted by molar-refractivity contribution is 5.94. The highest BCUT2D eigenvalue weighted by Crippen LogP contribution is 2.08. The van der Waals surface area contributed by atoms with Crippen LogP contribution in [0.4, 0.5) is 0 Å². The first-order valence-electron chi connectivity index (χ1n) is 3.77. The molecule has 0 fully saturated rings. The van der Waals surface area contributed by atoms with Crippen LogP contribution in [0.2, 0.25) is 0 Å². The van der Waals surface area contributed by atoms with Gasteiger partial charge < -0.3 is 9.42 Å². The number of nitrogens with zero attached hydrogens (tertiary/aromatic N) is 2. The highest BCUT2D eigenvalue weighted by atomic mass is 16.5. The lowest BCUT2D eigenvalue weighted by Crippen LogP contribution is -2.27. The molecule has 0 radical (unpaired) electrons. The Morgan fingerprint density at radius 1 is 1.85 bits per heavy atom. The maximum absolute atomic E-state index is 11.5. The Morgan fingerprint density at radius 3 is 3.00 bits per heavy atom. The molecule has 0 atom stereocenters. The lowest BCUT2D eigenvalue weighted by atomic mass is 10.2. The van der Waals surface area contributed by atoms with E-state index < -0.39 is 0 Å². The number of terminal acetylenes is 1. The molecule has 0 saturated heterocycles. The summed E-state index contributed by atoms with van der Waals surface area (Å²) in [6.07, 6.45) is 6.47. The maximum Gasteiger partial charge on any atom is 0.259 e. The molecule has 13 heavy (non-hydrogen) atoms. The van der Waals surface area contributed by atoms with Crippen LogP contribution in [0.25, 0.3) is 0 Å². The molecule has 0 unspecified atom stereocenters. The van der Waals surface area contributed by atoms with Crippen LogP contribution >= 0.6 is 0 Å². The van der Waals surface area contributed by atoms with Gasteiger partial charge in [-0.05, 0) is 6.92 Å². The van der Waals surface area contributed by atoms with Crippen LogP contribution in [0.15, 0.2) is 10.7 Å². The number of aromatic nitrogens is 1. The molecule has 0 saturated carbocycles. The fourth-order valence-corrected chi connectivity index (χ4v) is 0.918. The third-order valence-corrected chi connectivity index (χ3v) is 1.66. The molecule has 4 heteroatoms. The molecule has 1 aromatic heterocycles. The Bertz CT molecular complexity index is 349. The quantitative estimate of drug-likeness (QED) is 0.626. The lowest BCUT2D eigenvalue weighted by Gasteiger charge is -2.11. The molecule has 0 bridgehead atoms. The van der Waals surface area contributed by atoms with Gasteiger partial charge in [0.05, 0.1) is 12.7 Å². The zero-order valence-electron chi connectivity index (χ0n) is 7.57. The second-order valence-corrected chi connectivity index (χ2v) is 2.66. The number of aryl methyl sites for hydroxylation is 1. The molecular formula is C9H10N2O2. The summed E-state index contributed by atoms with van der Waals surface area (Å²) < 4.78 is 4.76. The van der Waals surface area contributed by atoms with Crippen LogP contribution < -0.4 is 0 Å². The van der Waals surface area contributed by atoms with E-state index in [1.165, 1.54) is 11.1 Å². The smallest absolute Gasteiger partial charge is 0.259 e. The zero-order chi connectivity index (χ0) is 9.84. The van der Waals surface area contributed by atoms with Crippen molar-refractivity contribution in [2.24, 2.45) is 0 Å². The lowest BCUT2D eigenvalue weighted by molar-refractivity contribution is 0.0811. The molecule has 1 heterocycles. The molecule has 1 rings (SSSR count). The summed E-state index contributed by atoms with van der Waals surface area (Å²) >= 11 is 0. The van der Waals surface area contributed by atoms with E-state index in [2.05, 4.69) is 11.1 Å². The Labute approximate surface area is 76.5 Å².